The minimum atomic E-state index is 0.524. The quantitative estimate of drug-likeness (QED) is 0.853. The summed E-state index contributed by atoms with van der Waals surface area (Å²) in [6.45, 7) is 5.75. The maximum atomic E-state index is 4.56. The van der Waals surface area contributed by atoms with Gasteiger partial charge in [0.05, 0.1) is 0 Å². The van der Waals surface area contributed by atoms with E-state index in [1.54, 1.807) is 0 Å². The molecule has 0 atom stereocenters. The smallest absolute Gasteiger partial charge is 0.128 e. The third kappa shape index (κ3) is 2.90. The zero-order chi connectivity index (χ0) is 13.1. The van der Waals surface area contributed by atoms with Crippen LogP contribution in [0.2, 0.25) is 0 Å². The largest absolute Gasteiger partial charge is 0.354 e. The lowest BCUT2D eigenvalue weighted by Crippen LogP contribution is -2.52. The molecule has 3 rings (SSSR count). The first-order valence-corrected chi connectivity index (χ1v) is 7.94. The molecule has 0 spiro atoms. The van der Waals surface area contributed by atoms with Crippen LogP contribution in [0.5, 0.6) is 0 Å². The Morgan fingerprint density at radius 3 is 2.47 bits per heavy atom. The fraction of sp³-hybridized carbons (Fsp3) is 0.667. The van der Waals surface area contributed by atoms with Gasteiger partial charge in [0, 0.05) is 38.9 Å². The van der Waals surface area contributed by atoms with E-state index in [1.165, 1.54) is 25.8 Å². The number of nitrogens with zero attached hydrogens (tertiary/aromatic N) is 3. The van der Waals surface area contributed by atoms with Crippen LogP contribution in [0.3, 0.4) is 0 Å². The number of anilines is 1. The number of rotatable bonds is 4. The molecule has 1 saturated heterocycles. The van der Waals surface area contributed by atoms with E-state index in [0.29, 0.717) is 5.41 Å². The van der Waals surface area contributed by atoms with Crippen molar-refractivity contribution in [3.8, 4) is 0 Å². The van der Waals surface area contributed by atoms with Crippen LogP contribution in [-0.4, -0.2) is 48.4 Å². The highest BCUT2D eigenvalue weighted by Gasteiger charge is 2.37. The number of pyridine rings is 1. The van der Waals surface area contributed by atoms with Crippen molar-refractivity contribution >= 4 is 18.4 Å². The van der Waals surface area contributed by atoms with Gasteiger partial charge in [-0.15, -0.1) is 0 Å². The Morgan fingerprint density at radius 2 is 1.95 bits per heavy atom. The van der Waals surface area contributed by atoms with E-state index in [1.807, 2.05) is 12.3 Å². The second-order valence-corrected chi connectivity index (χ2v) is 6.28. The Labute approximate surface area is 121 Å². The van der Waals surface area contributed by atoms with Gasteiger partial charge in [0.15, 0.2) is 0 Å². The fourth-order valence-corrected chi connectivity index (χ4v) is 3.61. The van der Waals surface area contributed by atoms with Crippen LogP contribution in [0, 0.1) is 5.41 Å². The minimum Gasteiger partial charge on any atom is -0.354 e. The topological polar surface area (TPSA) is 19.4 Å². The second-order valence-electron chi connectivity index (χ2n) is 5.96. The summed E-state index contributed by atoms with van der Waals surface area (Å²) in [4.78, 5) is 9.45. The van der Waals surface area contributed by atoms with Crippen molar-refractivity contribution in [2.45, 2.75) is 19.3 Å². The van der Waals surface area contributed by atoms with E-state index in [2.05, 4.69) is 39.5 Å². The molecule has 0 bridgehead atoms. The molecule has 0 radical (unpaired) electrons. The molecule has 19 heavy (non-hydrogen) atoms. The van der Waals surface area contributed by atoms with Crippen molar-refractivity contribution in [1.29, 1.82) is 0 Å². The molecule has 104 valence electrons. The third-order valence-corrected chi connectivity index (χ3v) is 5.33. The van der Waals surface area contributed by atoms with Crippen LogP contribution >= 0.6 is 12.6 Å². The molecule has 3 nitrogen and oxygen atoms in total. The molecular weight excluding hydrogens is 254 g/mol. The van der Waals surface area contributed by atoms with E-state index in [9.17, 15) is 0 Å². The number of hydrogen-bond donors (Lipinski definition) is 1. The van der Waals surface area contributed by atoms with Crippen LogP contribution in [0.15, 0.2) is 24.4 Å². The van der Waals surface area contributed by atoms with Gasteiger partial charge in [-0.1, -0.05) is 12.5 Å². The number of aromatic nitrogens is 1. The van der Waals surface area contributed by atoms with Gasteiger partial charge >= 0.3 is 0 Å². The average molecular weight is 277 g/mol. The van der Waals surface area contributed by atoms with Crippen molar-refractivity contribution in [2.24, 2.45) is 5.41 Å². The molecule has 1 aromatic rings. The predicted octanol–water partition coefficient (Wildman–Crippen LogP) is 2.30. The summed E-state index contributed by atoms with van der Waals surface area (Å²) in [5.74, 6) is 2.17. The van der Waals surface area contributed by atoms with Gasteiger partial charge in [-0.2, -0.15) is 12.6 Å². The summed E-state index contributed by atoms with van der Waals surface area (Å²) in [7, 11) is 0. The average Bonchev–Trinajstić information content (AvgIpc) is 2.45. The van der Waals surface area contributed by atoms with Crippen LogP contribution in [-0.2, 0) is 0 Å². The Bertz CT molecular complexity index is 392. The molecule has 2 heterocycles. The Morgan fingerprint density at radius 1 is 1.16 bits per heavy atom. The van der Waals surface area contributed by atoms with Crippen LogP contribution in [0.25, 0.3) is 0 Å². The maximum absolute atomic E-state index is 4.56. The molecule has 0 aromatic carbocycles. The lowest BCUT2D eigenvalue weighted by atomic mass is 9.70. The highest BCUT2D eigenvalue weighted by Crippen LogP contribution is 2.42. The van der Waals surface area contributed by atoms with Crippen molar-refractivity contribution < 1.29 is 0 Å². The zero-order valence-electron chi connectivity index (χ0n) is 11.5. The predicted molar refractivity (Wildman–Crippen MR) is 83.0 cm³/mol. The van der Waals surface area contributed by atoms with Gasteiger partial charge in [0.1, 0.15) is 5.82 Å². The minimum absolute atomic E-state index is 0.524. The fourth-order valence-electron chi connectivity index (χ4n) is 3.19. The molecule has 2 fully saturated rings. The normalized spacial score (nSPS) is 23.1. The molecule has 2 aliphatic rings. The van der Waals surface area contributed by atoms with Gasteiger partial charge < -0.3 is 4.90 Å². The lowest BCUT2D eigenvalue weighted by Gasteiger charge is -2.46. The van der Waals surface area contributed by atoms with Crippen molar-refractivity contribution in [3.63, 3.8) is 0 Å². The van der Waals surface area contributed by atoms with Crippen LogP contribution < -0.4 is 4.90 Å². The molecule has 1 saturated carbocycles. The highest BCUT2D eigenvalue weighted by molar-refractivity contribution is 7.80. The van der Waals surface area contributed by atoms with Gasteiger partial charge in [0.25, 0.3) is 0 Å². The van der Waals surface area contributed by atoms with Gasteiger partial charge in [-0.25, -0.2) is 4.98 Å². The Hall–Kier alpha value is -0.740. The summed E-state index contributed by atoms with van der Waals surface area (Å²) in [6, 6.07) is 6.16. The van der Waals surface area contributed by atoms with E-state index in [4.69, 9.17) is 0 Å². The first-order chi connectivity index (χ1) is 9.31. The van der Waals surface area contributed by atoms with Gasteiger partial charge in [-0.05, 0) is 36.1 Å². The Balaban J connectivity index is 1.52. The molecule has 0 N–H and O–H groups in total. The van der Waals surface area contributed by atoms with Crippen molar-refractivity contribution in [1.82, 2.24) is 9.88 Å². The molecular formula is C15H23N3S. The number of hydrogen-bond acceptors (Lipinski definition) is 4. The van der Waals surface area contributed by atoms with Crippen LogP contribution in [0.1, 0.15) is 19.3 Å². The molecule has 0 unspecified atom stereocenters. The molecule has 1 aromatic heterocycles. The second kappa shape index (κ2) is 5.71. The number of piperazine rings is 1. The van der Waals surface area contributed by atoms with E-state index in [-0.39, 0.29) is 0 Å². The van der Waals surface area contributed by atoms with Crippen LogP contribution in [0.4, 0.5) is 5.82 Å². The summed E-state index contributed by atoms with van der Waals surface area (Å²) in [5, 5.41) is 0. The van der Waals surface area contributed by atoms with E-state index < -0.39 is 0 Å². The molecule has 1 aliphatic heterocycles. The summed E-state index contributed by atoms with van der Waals surface area (Å²) in [5.41, 5.74) is 0.524. The van der Waals surface area contributed by atoms with Gasteiger partial charge in [0.2, 0.25) is 0 Å². The molecule has 0 amide bonds. The molecule has 4 heteroatoms. The summed E-state index contributed by atoms with van der Waals surface area (Å²) in [6.07, 6.45) is 6.02. The van der Waals surface area contributed by atoms with E-state index in [0.717, 1.165) is 37.7 Å². The van der Waals surface area contributed by atoms with Crippen molar-refractivity contribution in [3.05, 3.63) is 24.4 Å². The maximum Gasteiger partial charge on any atom is 0.128 e. The standard InChI is InChI=1S/C15H23N3S/c19-13-15(5-3-6-15)12-17-8-10-18(11-9-17)14-4-1-2-7-16-14/h1-2,4,7,19H,3,5-6,8-13H2. The zero-order valence-corrected chi connectivity index (χ0v) is 12.4. The lowest BCUT2D eigenvalue weighted by molar-refractivity contribution is 0.0868. The summed E-state index contributed by atoms with van der Waals surface area (Å²) < 4.78 is 0. The van der Waals surface area contributed by atoms with Crippen molar-refractivity contribution in [2.75, 3.05) is 43.4 Å². The molecule has 1 aliphatic carbocycles. The Kier molecular flexibility index (Phi) is 3.99. The summed E-state index contributed by atoms with van der Waals surface area (Å²) >= 11 is 4.56. The first kappa shape index (κ1) is 13.3. The number of thiol groups is 1. The highest BCUT2D eigenvalue weighted by atomic mass is 32.1. The van der Waals surface area contributed by atoms with E-state index >= 15 is 0 Å². The monoisotopic (exact) mass is 277 g/mol. The van der Waals surface area contributed by atoms with Gasteiger partial charge in [-0.3, -0.25) is 4.90 Å². The first-order valence-electron chi connectivity index (χ1n) is 7.31. The third-order valence-electron chi connectivity index (χ3n) is 4.65. The SMILES string of the molecule is SCC1(CN2CCN(c3ccccn3)CC2)CCC1.